The van der Waals surface area contributed by atoms with Gasteiger partial charge in [0.2, 0.25) is 0 Å². The zero-order valence-corrected chi connectivity index (χ0v) is 19.7. The molecule has 0 atom stereocenters. The topological polar surface area (TPSA) is 80.9 Å². The molecule has 0 spiro atoms. The van der Waals surface area contributed by atoms with Gasteiger partial charge in [0.05, 0.1) is 0 Å². The second kappa shape index (κ2) is 49.7. The summed E-state index contributed by atoms with van der Waals surface area (Å²) < 4.78 is 0. The molecule has 0 aromatic rings. The van der Waals surface area contributed by atoms with Gasteiger partial charge in [-0.3, -0.25) is 0 Å². The molecule has 4 N–H and O–H groups in total. The normalized spacial score (nSPS) is 8.64. The first-order valence-electron chi connectivity index (χ1n) is 10.1. The number of aliphatic hydroxyl groups excluding tert-OH is 4. The van der Waals surface area contributed by atoms with E-state index in [9.17, 15) is 0 Å². The van der Waals surface area contributed by atoms with Crippen molar-refractivity contribution in [2.45, 2.75) is 105 Å². The Labute approximate surface area is 169 Å². The molecule has 0 aromatic heterocycles. The van der Waals surface area contributed by atoms with Gasteiger partial charge in [0.25, 0.3) is 0 Å². The summed E-state index contributed by atoms with van der Waals surface area (Å²) in [4.78, 5) is 0. The molecule has 0 fully saturated rings. The molecule has 0 aromatic carbocycles. The van der Waals surface area contributed by atoms with Crippen LogP contribution < -0.4 is 0 Å². The van der Waals surface area contributed by atoms with Gasteiger partial charge in [-0.2, -0.15) is 0 Å². The first kappa shape index (κ1) is 36.3. The Balaban J connectivity index is -0.0000000702. The van der Waals surface area contributed by atoms with Crippen molar-refractivity contribution in [3.63, 3.8) is 0 Å². The number of unbranched alkanes of at least 4 members (excludes halogenated alkanes) is 8. The van der Waals surface area contributed by atoms with Crippen LogP contribution in [-0.2, 0) is 0 Å². The van der Waals surface area contributed by atoms with Crippen LogP contribution in [-0.4, -0.2) is 64.5 Å². The summed E-state index contributed by atoms with van der Waals surface area (Å²) in [5, 5.41) is 32.8. The Morgan fingerprint density at radius 1 is 0.360 bits per heavy atom. The molecular weight excluding hydrogens is 377 g/mol. The van der Waals surface area contributed by atoms with Gasteiger partial charge >= 0.3 is 0 Å². The van der Waals surface area contributed by atoms with Crippen LogP contribution in [0.3, 0.4) is 0 Å². The smallest absolute Gasteiger partial charge is 0.0431 e. The van der Waals surface area contributed by atoms with Crippen molar-refractivity contribution in [3.8, 4) is 0 Å². The summed E-state index contributed by atoms with van der Waals surface area (Å²) in [5.74, 6) is 0. The van der Waals surface area contributed by atoms with Crippen molar-refractivity contribution in [1.29, 1.82) is 0 Å². The molecule has 0 saturated carbocycles. The van der Waals surface area contributed by atoms with E-state index in [2.05, 4.69) is 27.7 Å². The molecule has 4 radical (unpaired) electrons. The molecule has 25 heavy (non-hydrogen) atoms. The molecule has 0 aliphatic rings. The van der Waals surface area contributed by atoms with E-state index in [0.29, 0.717) is 26.4 Å². The maximum absolute atomic E-state index is 8.20. The number of rotatable bonds is 12. The summed E-state index contributed by atoms with van der Waals surface area (Å²) in [5.41, 5.74) is 0. The van der Waals surface area contributed by atoms with Crippen LogP contribution in [0.15, 0.2) is 0 Å². The van der Waals surface area contributed by atoms with Crippen LogP contribution >= 0.6 is 0 Å². The van der Waals surface area contributed by atoms with E-state index in [0.717, 1.165) is 51.4 Å². The maximum Gasteiger partial charge on any atom is 0.0431 e. The van der Waals surface area contributed by atoms with E-state index >= 15 is 0 Å². The minimum atomic E-state index is 0. The van der Waals surface area contributed by atoms with Crippen LogP contribution in [0.5, 0.6) is 0 Å². The first-order valence-corrected chi connectivity index (χ1v) is 10.1. The minimum Gasteiger partial charge on any atom is -0.396 e. The molecule has 0 bridgehead atoms. The minimum absolute atomic E-state index is 0. The second-order valence-corrected chi connectivity index (χ2v) is 5.72. The van der Waals surface area contributed by atoms with Gasteiger partial charge < -0.3 is 20.4 Å². The van der Waals surface area contributed by atoms with E-state index in [1.165, 1.54) is 25.7 Å². The number of hydrogen-bond donors (Lipinski definition) is 4. The van der Waals surface area contributed by atoms with Crippen LogP contribution in [0.1, 0.15) is 105 Å². The molecule has 156 valence electrons. The number of hydrogen-bond acceptors (Lipinski definition) is 4. The van der Waals surface area contributed by atoms with Crippen LogP contribution in [0.2, 0.25) is 0 Å². The summed E-state index contributed by atoms with van der Waals surface area (Å²) in [7, 11) is 0. The summed E-state index contributed by atoms with van der Waals surface area (Å²) in [6.07, 6.45) is 13.3. The predicted molar refractivity (Wildman–Crippen MR) is 112 cm³/mol. The monoisotopic (exact) mass is 426 g/mol. The van der Waals surface area contributed by atoms with E-state index < -0.39 is 0 Å². The third-order valence-corrected chi connectivity index (χ3v) is 3.05. The zero-order valence-electron chi connectivity index (χ0n) is 17.6. The maximum atomic E-state index is 8.20. The van der Waals surface area contributed by atoms with Crippen LogP contribution in [0.4, 0.5) is 0 Å². The molecule has 0 saturated heterocycles. The Bertz CT molecular complexity index is 102. The van der Waals surface area contributed by atoms with Crippen molar-refractivity contribution in [2.75, 3.05) is 26.4 Å². The second-order valence-electron chi connectivity index (χ2n) is 5.72. The molecule has 5 heteroatoms. The van der Waals surface area contributed by atoms with Gasteiger partial charge in [-0.05, 0) is 25.7 Å². The predicted octanol–water partition coefficient (Wildman–Crippen LogP) is 4.29. The van der Waals surface area contributed by atoms with Crippen molar-refractivity contribution in [3.05, 3.63) is 0 Å². The fourth-order valence-electron chi connectivity index (χ4n) is 1.45. The van der Waals surface area contributed by atoms with E-state index in [1.807, 2.05) is 0 Å². The third-order valence-electron chi connectivity index (χ3n) is 3.05. The Kier molecular flexibility index (Phi) is 72.2. The molecular formula is C20H48GeO4. The first-order chi connectivity index (χ1) is 11.7. The zero-order chi connectivity index (χ0) is 19.3. The molecule has 0 aliphatic carbocycles. The van der Waals surface area contributed by atoms with Gasteiger partial charge in [0.15, 0.2) is 0 Å². The van der Waals surface area contributed by atoms with Gasteiger partial charge in [-0.25, -0.2) is 0 Å². The standard InChI is InChI=1S/4C5H12O.Ge/c4*1-2-3-4-5-6;/h4*6H,2-5H2,1H3;. The summed E-state index contributed by atoms with van der Waals surface area (Å²) >= 11 is 0. The molecule has 0 unspecified atom stereocenters. The summed E-state index contributed by atoms with van der Waals surface area (Å²) in [6.45, 7) is 9.90. The van der Waals surface area contributed by atoms with E-state index in [-0.39, 0.29) is 17.6 Å². The van der Waals surface area contributed by atoms with Gasteiger partial charge in [-0.15, -0.1) is 0 Å². The molecule has 0 rings (SSSR count). The number of aliphatic hydroxyl groups is 4. The SMILES string of the molecule is CCCCCO.CCCCCO.CCCCCO.CCCCCO.[Ge]. The van der Waals surface area contributed by atoms with E-state index in [4.69, 9.17) is 20.4 Å². The van der Waals surface area contributed by atoms with Gasteiger partial charge in [0.1, 0.15) is 0 Å². The van der Waals surface area contributed by atoms with Crippen molar-refractivity contribution in [2.24, 2.45) is 0 Å². The van der Waals surface area contributed by atoms with Gasteiger partial charge in [-0.1, -0.05) is 79.1 Å². The van der Waals surface area contributed by atoms with Crippen molar-refractivity contribution < 1.29 is 20.4 Å². The third kappa shape index (κ3) is 79.7. The average molecular weight is 425 g/mol. The fraction of sp³-hybridized carbons (Fsp3) is 1.00. The van der Waals surface area contributed by atoms with Gasteiger partial charge in [0, 0.05) is 44.0 Å². The Morgan fingerprint density at radius 2 is 0.520 bits per heavy atom. The van der Waals surface area contributed by atoms with Crippen molar-refractivity contribution in [1.82, 2.24) is 0 Å². The Morgan fingerprint density at radius 3 is 0.560 bits per heavy atom. The molecule has 4 nitrogen and oxygen atoms in total. The van der Waals surface area contributed by atoms with E-state index in [1.54, 1.807) is 0 Å². The summed E-state index contributed by atoms with van der Waals surface area (Å²) in [6, 6.07) is 0. The Hall–Kier alpha value is 0.383. The molecule has 0 heterocycles. The van der Waals surface area contributed by atoms with Crippen LogP contribution in [0, 0.1) is 0 Å². The van der Waals surface area contributed by atoms with Crippen molar-refractivity contribution >= 4 is 17.6 Å². The quantitative estimate of drug-likeness (QED) is 0.278. The largest absolute Gasteiger partial charge is 0.396 e. The molecule has 0 amide bonds. The molecule has 0 aliphatic heterocycles. The fourth-order valence-corrected chi connectivity index (χ4v) is 1.45. The van der Waals surface area contributed by atoms with Crippen LogP contribution in [0.25, 0.3) is 0 Å². The average Bonchev–Trinajstić information content (AvgIpc) is 2.62.